The molecule has 0 atom stereocenters. The average Bonchev–Trinajstić information content (AvgIpc) is 3.21. The number of nitrogens with zero attached hydrogens (tertiary/aromatic N) is 1. The number of fused-ring (bicyclic) bond motifs is 2. The van der Waals surface area contributed by atoms with Crippen LogP contribution in [0.5, 0.6) is 0 Å². The smallest absolute Gasteiger partial charge is 0.339 e. The van der Waals surface area contributed by atoms with E-state index in [1.807, 2.05) is 49.4 Å². The number of ether oxygens (including phenoxy) is 1. The quantitative estimate of drug-likeness (QED) is 0.301. The third-order valence-corrected chi connectivity index (χ3v) is 5.16. The summed E-state index contributed by atoms with van der Waals surface area (Å²) in [4.78, 5) is 30.4. The van der Waals surface area contributed by atoms with Crippen molar-refractivity contribution in [1.29, 1.82) is 0 Å². The second kappa shape index (κ2) is 8.49. The summed E-state index contributed by atoms with van der Waals surface area (Å²) in [5.74, 6) is -0.692. The highest BCUT2D eigenvalue weighted by atomic mass is 16.5. The zero-order valence-electron chi connectivity index (χ0n) is 17.1. The minimum Gasteiger partial charge on any atom is -0.454 e. The lowest BCUT2D eigenvalue weighted by Gasteiger charge is -2.15. The zero-order valence-corrected chi connectivity index (χ0v) is 17.1. The summed E-state index contributed by atoms with van der Waals surface area (Å²) < 4.78 is 11.0. The highest BCUT2D eigenvalue weighted by Gasteiger charge is 2.22. The van der Waals surface area contributed by atoms with Gasteiger partial charge < -0.3 is 9.15 Å². The van der Waals surface area contributed by atoms with Gasteiger partial charge in [0.2, 0.25) is 5.78 Å². The number of furan rings is 1. The minimum atomic E-state index is -0.507. The summed E-state index contributed by atoms with van der Waals surface area (Å²) in [7, 11) is 0. The van der Waals surface area contributed by atoms with Crippen LogP contribution in [0.1, 0.15) is 52.4 Å². The Labute approximate surface area is 174 Å². The van der Waals surface area contributed by atoms with E-state index in [0.29, 0.717) is 17.6 Å². The van der Waals surface area contributed by atoms with Crippen molar-refractivity contribution >= 4 is 33.6 Å². The molecule has 4 aromatic rings. The first-order valence-corrected chi connectivity index (χ1v) is 10.2. The fourth-order valence-corrected chi connectivity index (χ4v) is 3.75. The summed E-state index contributed by atoms with van der Waals surface area (Å²) in [6, 6.07) is 16.6. The molecule has 0 fully saturated rings. The fraction of sp³-hybridized carbons (Fsp3) is 0.240. The normalized spacial score (nSPS) is 11.1. The van der Waals surface area contributed by atoms with Gasteiger partial charge in [-0.3, -0.25) is 9.78 Å². The number of Topliss-reactive ketones (excluding diaryl/α,β-unsaturated/α-hetero) is 1. The van der Waals surface area contributed by atoms with Gasteiger partial charge in [0.05, 0.1) is 11.1 Å². The van der Waals surface area contributed by atoms with Crippen LogP contribution in [0.4, 0.5) is 0 Å². The molecule has 30 heavy (non-hydrogen) atoms. The maximum atomic E-state index is 13.1. The van der Waals surface area contributed by atoms with Crippen molar-refractivity contribution in [3.63, 3.8) is 0 Å². The molecule has 5 nitrogen and oxygen atoms in total. The van der Waals surface area contributed by atoms with E-state index in [0.717, 1.165) is 40.4 Å². The molecular formula is C25H23NO4. The van der Waals surface area contributed by atoms with Gasteiger partial charge in [0.15, 0.2) is 12.4 Å². The second-order valence-corrected chi connectivity index (χ2v) is 7.18. The van der Waals surface area contributed by atoms with Crippen LogP contribution < -0.4 is 0 Å². The third kappa shape index (κ3) is 3.71. The largest absolute Gasteiger partial charge is 0.454 e. The molecule has 2 aromatic heterocycles. The van der Waals surface area contributed by atoms with E-state index in [9.17, 15) is 9.59 Å². The summed E-state index contributed by atoms with van der Waals surface area (Å²) in [5, 5.41) is 1.58. The van der Waals surface area contributed by atoms with Crippen molar-refractivity contribution in [3.05, 3.63) is 77.2 Å². The van der Waals surface area contributed by atoms with Crippen molar-refractivity contribution < 1.29 is 18.7 Å². The molecule has 0 saturated carbocycles. The van der Waals surface area contributed by atoms with E-state index >= 15 is 0 Å². The molecule has 4 rings (SSSR count). The number of esters is 1. The van der Waals surface area contributed by atoms with Crippen LogP contribution in [0.15, 0.2) is 59.0 Å². The maximum Gasteiger partial charge on any atom is 0.339 e. The molecule has 0 bridgehead atoms. The molecule has 2 heterocycles. The van der Waals surface area contributed by atoms with Gasteiger partial charge in [-0.1, -0.05) is 56.7 Å². The molecule has 0 aliphatic rings. The topological polar surface area (TPSA) is 69.4 Å². The van der Waals surface area contributed by atoms with E-state index in [2.05, 4.69) is 6.92 Å². The number of aryl methyl sites for hydroxylation is 1. The van der Waals surface area contributed by atoms with Crippen LogP contribution in [-0.4, -0.2) is 23.3 Å². The number of hydrogen-bond donors (Lipinski definition) is 0. The summed E-state index contributed by atoms with van der Waals surface area (Å²) in [6.07, 6.45) is 2.37. The Kier molecular flexibility index (Phi) is 5.61. The molecule has 152 valence electrons. The Hall–Kier alpha value is -3.47. The predicted octanol–water partition coefficient (Wildman–Crippen LogP) is 5.54. The predicted molar refractivity (Wildman–Crippen MR) is 116 cm³/mol. The van der Waals surface area contributed by atoms with E-state index in [1.165, 1.54) is 0 Å². The Morgan fingerprint density at radius 1 is 1.03 bits per heavy atom. The van der Waals surface area contributed by atoms with Crippen LogP contribution in [0.2, 0.25) is 0 Å². The van der Waals surface area contributed by atoms with Crippen molar-refractivity contribution in [2.45, 2.75) is 33.1 Å². The van der Waals surface area contributed by atoms with Crippen LogP contribution >= 0.6 is 0 Å². The lowest BCUT2D eigenvalue weighted by atomic mass is 9.96. The lowest BCUT2D eigenvalue weighted by Crippen LogP contribution is -2.17. The first-order valence-electron chi connectivity index (χ1n) is 10.2. The Morgan fingerprint density at radius 3 is 2.57 bits per heavy atom. The van der Waals surface area contributed by atoms with E-state index < -0.39 is 5.97 Å². The van der Waals surface area contributed by atoms with Crippen LogP contribution in [0.25, 0.3) is 21.9 Å². The summed E-state index contributed by atoms with van der Waals surface area (Å²) in [5.41, 5.74) is 3.69. The van der Waals surface area contributed by atoms with Gasteiger partial charge in [0.1, 0.15) is 5.58 Å². The number of aromatic nitrogens is 1. The fourth-order valence-electron chi connectivity index (χ4n) is 3.75. The molecule has 0 aliphatic heterocycles. The number of para-hydroxylation sites is 2. The van der Waals surface area contributed by atoms with Crippen molar-refractivity contribution in [1.82, 2.24) is 4.98 Å². The van der Waals surface area contributed by atoms with E-state index in [4.69, 9.17) is 14.1 Å². The number of rotatable bonds is 7. The van der Waals surface area contributed by atoms with Gasteiger partial charge in [-0.05, 0) is 36.6 Å². The van der Waals surface area contributed by atoms with E-state index in [1.54, 1.807) is 12.1 Å². The molecule has 0 saturated heterocycles. The number of hydrogen-bond acceptors (Lipinski definition) is 5. The van der Waals surface area contributed by atoms with Gasteiger partial charge in [-0.2, -0.15) is 0 Å². The van der Waals surface area contributed by atoms with Crippen molar-refractivity contribution in [2.24, 2.45) is 0 Å². The van der Waals surface area contributed by atoms with Crippen LogP contribution in [-0.2, 0) is 17.6 Å². The SMILES string of the molecule is CCCc1nc2ccccc2c(C(=O)OCC(=O)c2cc3ccccc3o2)c1CC. The van der Waals surface area contributed by atoms with Crippen molar-refractivity contribution in [2.75, 3.05) is 6.61 Å². The van der Waals surface area contributed by atoms with Gasteiger partial charge in [-0.25, -0.2) is 4.79 Å². The molecule has 0 N–H and O–H groups in total. The lowest BCUT2D eigenvalue weighted by molar-refractivity contribution is 0.0469. The van der Waals surface area contributed by atoms with Crippen LogP contribution in [0, 0.1) is 0 Å². The maximum absolute atomic E-state index is 13.1. The highest BCUT2D eigenvalue weighted by Crippen LogP contribution is 2.26. The Morgan fingerprint density at radius 2 is 1.80 bits per heavy atom. The summed E-state index contributed by atoms with van der Waals surface area (Å²) in [6.45, 7) is 3.71. The standard InChI is InChI=1S/C25H23NO4/c1-3-9-19-17(4-2)24(18-11-6-7-12-20(18)26-19)25(28)29-15-21(27)23-14-16-10-5-8-13-22(16)30-23/h5-8,10-14H,3-4,9,15H2,1-2H3. The van der Waals surface area contributed by atoms with Crippen LogP contribution in [0.3, 0.4) is 0 Å². The molecule has 0 aliphatic carbocycles. The van der Waals surface area contributed by atoms with Crippen molar-refractivity contribution in [3.8, 4) is 0 Å². The third-order valence-electron chi connectivity index (χ3n) is 5.16. The molecule has 0 spiro atoms. The molecule has 0 radical (unpaired) electrons. The number of carbonyl (C=O) groups excluding carboxylic acids is 2. The van der Waals surface area contributed by atoms with E-state index in [-0.39, 0.29) is 18.2 Å². The Bertz CT molecular complexity index is 1210. The zero-order chi connectivity index (χ0) is 21.1. The molecular weight excluding hydrogens is 378 g/mol. The number of ketones is 1. The minimum absolute atomic E-state index is 0.186. The molecule has 2 aromatic carbocycles. The van der Waals surface area contributed by atoms with Gasteiger partial charge in [0, 0.05) is 16.5 Å². The van der Waals surface area contributed by atoms with Gasteiger partial charge >= 0.3 is 5.97 Å². The highest BCUT2D eigenvalue weighted by molar-refractivity contribution is 6.06. The second-order valence-electron chi connectivity index (χ2n) is 7.18. The van der Waals surface area contributed by atoms with Gasteiger partial charge in [-0.15, -0.1) is 0 Å². The monoisotopic (exact) mass is 401 g/mol. The van der Waals surface area contributed by atoms with Gasteiger partial charge in [0.25, 0.3) is 0 Å². The molecule has 0 unspecified atom stereocenters. The average molecular weight is 401 g/mol. The molecule has 0 amide bonds. The first kappa shape index (κ1) is 19.8. The number of carbonyl (C=O) groups is 2. The first-order chi connectivity index (χ1) is 14.6. The summed E-state index contributed by atoms with van der Waals surface area (Å²) >= 11 is 0. The number of pyridine rings is 1. The Balaban J connectivity index is 1.63. The number of benzene rings is 2. The molecule has 5 heteroatoms.